The highest BCUT2D eigenvalue weighted by Crippen LogP contribution is 2.39. The molecule has 0 aliphatic carbocycles. The Morgan fingerprint density at radius 3 is 2.37 bits per heavy atom. The van der Waals surface area contributed by atoms with Gasteiger partial charge in [0, 0.05) is 24.7 Å². The molecule has 1 aromatic rings. The van der Waals surface area contributed by atoms with Crippen LogP contribution in [0.2, 0.25) is 18.1 Å². The predicted molar refractivity (Wildman–Crippen MR) is 135 cm³/mol. The van der Waals surface area contributed by atoms with E-state index >= 15 is 0 Å². The molecule has 1 N–H and O–H groups in total. The van der Waals surface area contributed by atoms with Gasteiger partial charge in [-0.05, 0) is 56.2 Å². The Labute approximate surface area is 208 Å². The summed E-state index contributed by atoms with van der Waals surface area (Å²) in [4.78, 5) is 37.4. The average molecular weight is 510 g/mol. The molecule has 0 saturated carbocycles. The van der Waals surface area contributed by atoms with Crippen molar-refractivity contribution in [2.45, 2.75) is 83.5 Å². The van der Waals surface area contributed by atoms with E-state index in [1.807, 2.05) is 0 Å². The van der Waals surface area contributed by atoms with Crippen molar-refractivity contribution in [3.63, 3.8) is 0 Å². The monoisotopic (exact) mass is 509 g/mol. The third kappa shape index (κ3) is 7.74. The van der Waals surface area contributed by atoms with Gasteiger partial charge in [-0.25, -0.2) is 4.79 Å². The minimum atomic E-state index is -2.09. The lowest BCUT2D eigenvalue weighted by Crippen LogP contribution is -2.49. The van der Waals surface area contributed by atoms with Crippen LogP contribution in [0.15, 0.2) is 24.3 Å². The summed E-state index contributed by atoms with van der Waals surface area (Å²) in [6.45, 7) is 13.2. The van der Waals surface area contributed by atoms with Crippen LogP contribution < -0.4 is 5.32 Å². The third-order valence-corrected chi connectivity index (χ3v) is 11.4. The summed E-state index contributed by atoms with van der Waals surface area (Å²) < 4.78 is 17.3. The molecule has 1 heterocycles. The number of likely N-dealkylation sites (tertiary alicyclic amines) is 1. The van der Waals surface area contributed by atoms with E-state index in [2.05, 4.69) is 39.2 Å². The number of hydrogen-bond acceptors (Lipinski definition) is 8. The van der Waals surface area contributed by atoms with E-state index in [9.17, 15) is 19.7 Å². The molecule has 1 amide bonds. The Hall–Kier alpha value is -2.50. The molecule has 10 nitrogen and oxygen atoms in total. The van der Waals surface area contributed by atoms with Crippen molar-refractivity contribution >= 4 is 26.1 Å². The minimum absolute atomic E-state index is 0.0136. The Kier molecular flexibility index (Phi) is 9.82. The summed E-state index contributed by atoms with van der Waals surface area (Å²) >= 11 is 0. The van der Waals surface area contributed by atoms with Crippen LogP contribution >= 0.6 is 0 Å². The van der Waals surface area contributed by atoms with Crippen molar-refractivity contribution in [1.82, 2.24) is 10.2 Å². The van der Waals surface area contributed by atoms with E-state index in [1.54, 1.807) is 31.0 Å². The highest BCUT2D eigenvalue weighted by atomic mass is 28.4. The molecule has 1 fully saturated rings. The van der Waals surface area contributed by atoms with Gasteiger partial charge in [-0.2, -0.15) is 0 Å². The van der Waals surface area contributed by atoms with E-state index in [0.717, 1.165) is 0 Å². The average Bonchev–Trinajstić information content (AvgIpc) is 3.18. The number of non-ortho nitro benzene ring substituents is 1. The van der Waals surface area contributed by atoms with Crippen LogP contribution in [0.25, 0.3) is 0 Å². The second-order valence-electron chi connectivity index (χ2n) is 10.3. The van der Waals surface area contributed by atoms with E-state index in [1.165, 1.54) is 12.1 Å². The van der Waals surface area contributed by atoms with Gasteiger partial charge >= 0.3 is 12.1 Å². The zero-order valence-corrected chi connectivity index (χ0v) is 22.8. The zero-order valence-electron chi connectivity index (χ0n) is 21.8. The second kappa shape index (κ2) is 12.0. The molecule has 1 aliphatic heterocycles. The van der Waals surface area contributed by atoms with Crippen molar-refractivity contribution in [2.75, 3.05) is 20.2 Å². The first-order valence-electron chi connectivity index (χ1n) is 12.0. The Balaban J connectivity index is 2.17. The first-order chi connectivity index (χ1) is 16.3. The van der Waals surface area contributed by atoms with Crippen LogP contribution in [0.5, 0.6) is 0 Å². The van der Waals surface area contributed by atoms with Crippen LogP contribution in [0, 0.1) is 10.1 Å². The lowest BCUT2D eigenvalue weighted by atomic mass is 10.0. The first kappa shape index (κ1) is 28.7. The highest BCUT2D eigenvalue weighted by Gasteiger charge is 2.46. The number of rotatable bonds is 10. The van der Waals surface area contributed by atoms with Gasteiger partial charge in [0.2, 0.25) is 0 Å². The van der Waals surface area contributed by atoms with E-state index in [0.29, 0.717) is 18.5 Å². The summed E-state index contributed by atoms with van der Waals surface area (Å²) in [5.41, 5.74) is 0.617. The summed E-state index contributed by atoms with van der Waals surface area (Å²) in [7, 11) is -0.329. The van der Waals surface area contributed by atoms with Crippen LogP contribution in [0.3, 0.4) is 0 Å². The summed E-state index contributed by atoms with van der Waals surface area (Å²) in [6.07, 6.45) is 0.00233. The molecule has 1 aliphatic rings. The number of amides is 1. The molecule has 0 radical (unpaired) electrons. The molecule has 35 heavy (non-hydrogen) atoms. The van der Waals surface area contributed by atoms with Gasteiger partial charge in [-0.1, -0.05) is 20.8 Å². The number of carbonyl (C=O) groups excluding carboxylic acids is 2. The maximum Gasteiger partial charge on any atom is 0.410 e. The number of nitrogens with zero attached hydrogens (tertiary/aromatic N) is 2. The van der Waals surface area contributed by atoms with Gasteiger partial charge in [-0.3, -0.25) is 14.9 Å². The van der Waals surface area contributed by atoms with Crippen molar-refractivity contribution in [3.8, 4) is 0 Å². The number of nitro groups is 1. The SMILES string of the molecule is CCOC(=O)CC(NC)C1CC(O[Si](C)(C)C(C)(C)C)CN1C(=O)OCc1ccc([N+](=O)[O-])cc1. The molecular formula is C24H39N3O7Si. The molecule has 196 valence electrons. The number of ether oxygens (including phenoxy) is 2. The van der Waals surface area contributed by atoms with Gasteiger partial charge in [-0.15, -0.1) is 0 Å². The fourth-order valence-electron chi connectivity index (χ4n) is 3.87. The molecule has 1 saturated heterocycles. The standard InChI is InChI=1S/C24H39N3O7Si/c1-8-32-22(28)14-20(25-5)21-13-19(34-35(6,7)24(2,3)4)15-26(21)23(29)33-16-17-9-11-18(12-10-17)27(30)31/h9-12,19-21,25H,8,13-16H2,1-7H3. The summed E-state index contributed by atoms with van der Waals surface area (Å²) in [5.74, 6) is -0.334. The number of benzene rings is 1. The van der Waals surface area contributed by atoms with E-state index in [-0.39, 0.29) is 54.5 Å². The fourth-order valence-corrected chi connectivity index (χ4v) is 5.23. The smallest absolute Gasteiger partial charge is 0.410 e. The van der Waals surface area contributed by atoms with Crippen molar-refractivity contribution in [2.24, 2.45) is 0 Å². The van der Waals surface area contributed by atoms with Gasteiger partial charge < -0.3 is 24.1 Å². The van der Waals surface area contributed by atoms with Crippen molar-refractivity contribution < 1.29 is 28.4 Å². The molecule has 1 aromatic carbocycles. The lowest BCUT2D eigenvalue weighted by molar-refractivity contribution is -0.384. The zero-order chi connectivity index (χ0) is 26.4. The summed E-state index contributed by atoms with van der Waals surface area (Å²) in [6, 6.07) is 5.24. The highest BCUT2D eigenvalue weighted by molar-refractivity contribution is 6.74. The van der Waals surface area contributed by atoms with Crippen LogP contribution in [-0.4, -0.2) is 68.6 Å². The Bertz CT molecular complexity index is 886. The topological polar surface area (TPSA) is 120 Å². The van der Waals surface area contributed by atoms with Crippen LogP contribution in [0.4, 0.5) is 10.5 Å². The van der Waals surface area contributed by atoms with E-state index < -0.39 is 19.3 Å². The molecule has 0 aromatic heterocycles. The molecule has 0 bridgehead atoms. The number of nitro benzene ring substituents is 1. The number of carbonyl (C=O) groups is 2. The van der Waals surface area contributed by atoms with E-state index in [4.69, 9.17) is 13.9 Å². The maximum atomic E-state index is 13.2. The first-order valence-corrected chi connectivity index (χ1v) is 14.9. The van der Waals surface area contributed by atoms with Gasteiger partial charge in [0.1, 0.15) is 6.61 Å². The molecule has 3 atom stereocenters. The lowest BCUT2D eigenvalue weighted by Gasteiger charge is -2.38. The van der Waals surface area contributed by atoms with Crippen LogP contribution in [0.1, 0.15) is 46.1 Å². The fraction of sp³-hybridized carbons (Fsp3) is 0.667. The van der Waals surface area contributed by atoms with Gasteiger partial charge in [0.25, 0.3) is 5.69 Å². The van der Waals surface area contributed by atoms with Crippen molar-refractivity contribution in [3.05, 3.63) is 39.9 Å². The van der Waals surface area contributed by atoms with Gasteiger partial charge in [0.05, 0.1) is 30.1 Å². The predicted octanol–water partition coefficient (Wildman–Crippen LogP) is 4.24. The summed E-state index contributed by atoms with van der Waals surface area (Å²) in [5, 5.41) is 14.0. The third-order valence-electron chi connectivity index (χ3n) is 6.84. The largest absolute Gasteiger partial charge is 0.466 e. The number of hydrogen-bond donors (Lipinski definition) is 1. The molecule has 3 unspecified atom stereocenters. The molecule has 11 heteroatoms. The van der Waals surface area contributed by atoms with Crippen molar-refractivity contribution in [1.29, 1.82) is 0 Å². The minimum Gasteiger partial charge on any atom is -0.466 e. The molecule has 2 rings (SSSR count). The maximum absolute atomic E-state index is 13.2. The molecule has 0 spiro atoms. The number of nitrogens with one attached hydrogen (secondary N) is 1. The number of esters is 1. The number of likely N-dealkylation sites (N-methyl/N-ethyl adjacent to an activating group) is 1. The quantitative estimate of drug-likeness (QED) is 0.215. The van der Waals surface area contributed by atoms with Gasteiger partial charge in [0.15, 0.2) is 8.32 Å². The molecular weight excluding hydrogens is 470 g/mol. The Morgan fingerprint density at radius 2 is 1.86 bits per heavy atom. The van der Waals surface area contributed by atoms with Crippen LogP contribution in [-0.2, 0) is 25.3 Å². The normalized spacial score (nSPS) is 19.3. The Morgan fingerprint density at radius 1 is 1.23 bits per heavy atom. The second-order valence-corrected chi connectivity index (χ2v) is 15.1.